The Kier molecular flexibility index (Phi) is 4.75. The van der Waals surface area contributed by atoms with Gasteiger partial charge in [0.05, 0.1) is 23.4 Å². The molecule has 0 fully saturated rings. The molecule has 0 amide bonds. The number of benzene rings is 2. The molecule has 2 aromatic rings. The van der Waals surface area contributed by atoms with E-state index in [0.717, 1.165) is 19.2 Å². The number of esters is 1. The molecular weight excluding hydrogens is 300 g/mol. The van der Waals surface area contributed by atoms with Crippen molar-refractivity contribution in [3.8, 4) is 0 Å². The van der Waals surface area contributed by atoms with E-state index < -0.39 is 29.2 Å². The van der Waals surface area contributed by atoms with Crippen molar-refractivity contribution in [3.05, 3.63) is 64.7 Å². The topological polar surface area (TPSA) is 38.3 Å². The van der Waals surface area contributed by atoms with Gasteiger partial charge in [-0.1, -0.05) is 29.8 Å². The van der Waals surface area contributed by atoms with Crippen LogP contribution in [-0.2, 0) is 9.53 Å². The normalized spacial score (nSPS) is 11.8. The van der Waals surface area contributed by atoms with Crippen LogP contribution in [0.1, 0.15) is 11.6 Å². The van der Waals surface area contributed by atoms with E-state index in [1.54, 1.807) is 24.3 Å². The van der Waals surface area contributed by atoms with Gasteiger partial charge in [0.2, 0.25) is 0 Å². The summed E-state index contributed by atoms with van der Waals surface area (Å²) in [5.74, 6) is -2.51. The minimum Gasteiger partial charge on any atom is -0.467 e. The van der Waals surface area contributed by atoms with E-state index in [9.17, 15) is 13.6 Å². The first kappa shape index (κ1) is 15.3. The Hall–Kier alpha value is -2.14. The maximum atomic E-state index is 13.9. The summed E-state index contributed by atoms with van der Waals surface area (Å²) in [6.45, 7) is 0. The van der Waals surface area contributed by atoms with Gasteiger partial charge in [-0.3, -0.25) is 0 Å². The number of rotatable bonds is 4. The maximum absolute atomic E-state index is 13.9. The highest BCUT2D eigenvalue weighted by Gasteiger charge is 2.28. The fourth-order valence-corrected chi connectivity index (χ4v) is 2.08. The zero-order chi connectivity index (χ0) is 15.4. The molecule has 3 nitrogen and oxygen atoms in total. The van der Waals surface area contributed by atoms with Gasteiger partial charge in [0.15, 0.2) is 6.04 Å². The average Bonchev–Trinajstić information content (AvgIpc) is 2.47. The molecule has 0 bridgehead atoms. The fraction of sp³-hybridized carbons (Fsp3) is 0.133. The molecular formula is C15H12ClF2NO2. The summed E-state index contributed by atoms with van der Waals surface area (Å²) in [5, 5.41) is 3.03. The first-order valence-corrected chi connectivity index (χ1v) is 6.45. The van der Waals surface area contributed by atoms with Crippen LogP contribution in [0.15, 0.2) is 42.5 Å². The largest absolute Gasteiger partial charge is 0.467 e. The van der Waals surface area contributed by atoms with Crippen molar-refractivity contribution in [2.24, 2.45) is 0 Å². The minimum atomic E-state index is -1.34. The van der Waals surface area contributed by atoms with Crippen LogP contribution in [0.2, 0.25) is 5.02 Å². The lowest BCUT2D eigenvalue weighted by Crippen LogP contribution is -2.24. The van der Waals surface area contributed by atoms with E-state index in [1.807, 2.05) is 0 Å². The quantitative estimate of drug-likeness (QED) is 0.869. The molecule has 0 aliphatic carbocycles. The molecule has 0 aliphatic rings. The van der Waals surface area contributed by atoms with Crippen LogP contribution in [0.3, 0.4) is 0 Å². The molecule has 110 valence electrons. The van der Waals surface area contributed by atoms with Gasteiger partial charge >= 0.3 is 5.97 Å². The van der Waals surface area contributed by atoms with Crippen molar-refractivity contribution in [2.45, 2.75) is 6.04 Å². The Morgan fingerprint density at radius 1 is 1.14 bits per heavy atom. The zero-order valence-corrected chi connectivity index (χ0v) is 11.8. The predicted molar refractivity (Wildman–Crippen MR) is 76.2 cm³/mol. The van der Waals surface area contributed by atoms with Gasteiger partial charge in [0, 0.05) is 0 Å². The highest BCUT2D eigenvalue weighted by Crippen LogP contribution is 2.29. The molecule has 0 aliphatic heterocycles. The highest BCUT2D eigenvalue weighted by molar-refractivity contribution is 6.33. The first-order valence-electron chi connectivity index (χ1n) is 6.07. The Bertz CT molecular complexity index is 644. The standard InChI is InChI=1S/C15H12ClF2NO2/c1-21-15(20)14(13-10(17)6-4-7-11(13)18)19-12-8-3-2-5-9(12)16/h2-8,14,19H,1H3. The average molecular weight is 312 g/mol. The van der Waals surface area contributed by atoms with E-state index in [1.165, 1.54) is 6.07 Å². The van der Waals surface area contributed by atoms with Gasteiger partial charge < -0.3 is 10.1 Å². The number of ether oxygens (including phenoxy) is 1. The summed E-state index contributed by atoms with van der Waals surface area (Å²) < 4.78 is 32.4. The van der Waals surface area contributed by atoms with Crippen molar-refractivity contribution in [2.75, 3.05) is 12.4 Å². The second kappa shape index (κ2) is 6.54. The smallest absolute Gasteiger partial charge is 0.333 e. The number of hydrogen-bond acceptors (Lipinski definition) is 3. The lowest BCUT2D eigenvalue weighted by atomic mass is 10.0. The second-order valence-electron chi connectivity index (χ2n) is 4.22. The Morgan fingerprint density at radius 2 is 1.76 bits per heavy atom. The number of hydrogen-bond donors (Lipinski definition) is 1. The summed E-state index contributed by atoms with van der Waals surface area (Å²) in [5.41, 5.74) is -0.0403. The van der Waals surface area contributed by atoms with Gasteiger partial charge in [-0.15, -0.1) is 0 Å². The number of carbonyl (C=O) groups excluding carboxylic acids is 1. The Morgan fingerprint density at radius 3 is 2.33 bits per heavy atom. The molecule has 1 atom stereocenters. The van der Waals surface area contributed by atoms with Crippen molar-refractivity contribution in [1.29, 1.82) is 0 Å². The minimum absolute atomic E-state index is 0.322. The lowest BCUT2D eigenvalue weighted by molar-refractivity contribution is -0.141. The third kappa shape index (κ3) is 3.31. The predicted octanol–water partition coefficient (Wildman–Crippen LogP) is 3.94. The van der Waals surface area contributed by atoms with E-state index in [4.69, 9.17) is 11.6 Å². The highest BCUT2D eigenvalue weighted by atomic mass is 35.5. The van der Waals surface area contributed by atoms with Crippen molar-refractivity contribution < 1.29 is 18.3 Å². The molecule has 1 unspecified atom stereocenters. The summed E-state index contributed by atoms with van der Waals surface area (Å²) in [4.78, 5) is 11.9. The molecule has 21 heavy (non-hydrogen) atoms. The third-order valence-electron chi connectivity index (χ3n) is 2.90. The van der Waals surface area contributed by atoms with Crippen LogP contribution in [0.4, 0.5) is 14.5 Å². The van der Waals surface area contributed by atoms with Crippen LogP contribution in [0.25, 0.3) is 0 Å². The molecule has 0 aromatic heterocycles. The van der Waals surface area contributed by atoms with Gasteiger partial charge in [-0.2, -0.15) is 0 Å². The Balaban J connectivity index is 2.45. The maximum Gasteiger partial charge on any atom is 0.333 e. The van der Waals surface area contributed by atoms with Gasteiger partial charge in [-0.25, -0.2) is 13.6 Å². The summed E-state index contributed by atoms with van der Waals surface area (Å²) in [7, 11) is 1.14. The zero-order valence-electron chi connectivity index (χ0n) is 11.1. The van der Waals surface area contributed by atoms with Crippen molar-refractivity contribution in [3.63, 3.8) is 0 Å². The van der Waals surface area contributed by atoms with E-state index in [-0.39, 0.29) is 0 Å². The van der Waals surface area contributed by atoms with Gasteiger partial charge in [-0.05, 0) is 24.3 Å². The molecule has 0 spiro atoms. The monoisotopic (exact) mass is 311 g/mol. The van der Waals surface area contributed by atoms with Crippen molar-refractivity contribution in [1.82, 2.24) is 0 Å². The van der Waals surface area contributed by atoms with Crippen LogP contribution in [0, 0.1) is 11.6 Å². The number of carbonyl (C=O) groups is 1. The molecule has 0 saturated heterocycles. The van der Waals surface area contributed by atoms with Crippen molar-refractivity contribution >= 4 is 23.3 Å². The number of methoxy groups -OCH3 is 1. The van der Waals surface area contributed by atoms with E-state index in [0.29, 0.717) is 10.7 Å². The number of para-hydroxylation sites is 1. The number of halogens is 3. The van der Waals surface area contributed by atoms with Crippen LogP contribution in [0.5, 0.6) is 0 Å². The van der Waals surface area contributed by atoms with Crippen LogP contribution in [-0.4, -0.2) is 13.1 Å². The fourth-order valence-electron chi connectivity index (χ4n) is 1.89. The number of anilines is 1. The molecule has 0 heterocycles. The molecule has 2 aromatic carbocycles. The van der Waals surface area contributed by atoms with E-state index in [2.05, 4.69) is 10.1 Å². The molecule has 6 heteroatoms. The lowest BCUT2D eigenvalue weighted by Gasteiger charge is -2.19. The molecule has 0 saturated carbocycles. The number of nitrogens with one attached hydrogen (secondary N) is 1. The Labute approximate surface area is 125 Å². The summed E-state index contributed by atoms with van der Waals surface area (Å²) in [6.07, 6.45) is 0. The molecule has 0 radical (unpaired) electrons. The SMILES string of the molecule is COC(=O)C(Nc1ccccc1Cl)c1c(F)cccc1F. The molecule has 1 N–H and O–H groups in total. The molecule has 2 rings (SSSR count). The first-order chi connectivity index (χ1) is 10.0. The van der Waals surface area contributed by atoms with Crippen LogP contribution < -0.4 is 5.32 Å². The van der Waals surface area contributed by atoms with Gasteiger partial charge in [0.25, 0.3) is 0 Å². The third-order valence-corrected chi connectivity index (χ3v) is 3.23. The second-order valence-corrected chi connectivity index (χ2v) is 4.62. The summed E-state index contributed by atoms with van der Waals surface area (Å²) in [6, 6.07) is 8.59. The van der Waals surface area contributed by atoms with Gasteiger partial charge in [0.1, 0.15) is 11.6 Å². The van der Waals surface area contributed by atoms with E-state index >= 15 is 0 Å². The summed E-state index contributed by atoms with van der Waals surface area (Å²) >= 11 is 5.98. The van der Waals surface area contributed by atoms with Crippen LogP contribution >= 0.6 is 11.6 Å².